The number of carbonyl (C=O) groups excluding carboxylic acids is 2. The van der Waals surface area contributed by atoms with E-state index in [0.717, 1.165) is 6.54 Å². The molecule has 0 heterocycles. The van der Waals surface area contributed by atoms with E-state index in [4.69, 9.17) is 9.47 Å². The molecule has 0 bridgehead atoms. The zero-order valence-corrected chi connectivity index (χ0v) is 13.4. The third-order valence-corrected chi connectivity index (χ3v) is 2.64. The first-order valence-corrected chi connectivity index (χ1v) is 7.41. The maximum atomic E-state index is 11.4. The van der Waals surface area contributed by atoms with Gasteiger partial charge in [-0.2, -0.15) is 0 Å². The van der Waals surface area contributed by atoms with Gasteiger partial charge in [-0.25, -0.2) is 0 Å². The van der Waals surface area contributed by atoms with Crippen molar-refractivity contribution < 1.29 is 19.1 Å². The van der Waals surface area contributed by atoms with Crippen molar-refractivity contribution in [2.75, 3.05) is 53.6 Å². The van der Waals surface area contributed by atoms with Gasteiger partial charge in [0.25, 0.3) is 0 Å². The van der Waals surface area contributed by atoms with E-state index in [1.54, 1.807) is 6.92 Å². The number of ether oxygens (including phenoxy) is 2. The van der Waals surface area contributed by atoms with Crippen LogP contribution in [-0.4, -0.2) is 70.3 Å². The summed E-state index contributed by atoms with van der Waals surface area (Å²) in [5, 5.41) is 4.58. The Balaban J connectivity index is 3.21. The van der Waals surface area contributed by atoms with Crippen molar-refractivity contribution in [3.05, 3.63) is 0 Å². The largest absolute Gasteiger partial charge is 0.378 e. The monoisotopic (exact) mass is 303 g/mol. The van der Waals surface area contributed by atoms with E-state index in [9.17, 15) is 9.59 Å². The Morgan fingerprint density at radius 2 is 1.57 bits per heavy atom. The highest BCUT2D eigenvalue weighted by atomic mass is 16.5. The third-order valence-electron chi connectivity index (χ3n) is 2.64. The van der Waals surface area contributed by atoms with Crippen LogP contribution in [0, 0.1) is 0 Å². The molecule has 0 spiro atoms. The highest BCUT2D eigenvalue weighted by molar-refractivity contribution is 5.84. The minimum absolute atomic E-state index is 0.105. The summed E-state index contributed by atoms with van der Waals surface area (Å²) in [6.45, 7) is 5.14. The van der Waals surface area contributed by atoms with Crippen LogP contribution in [0.15, 0.2) is 0 Å². The minimum Gasteiger partial charge on any atom is -0.378 e. The highest BCUT2D eigenvalue weighted by Gasteiger charge is 2.04. The first kappa shape index (κ1) is 20.0. The number of ketones is 1. The Kier molecular flexibility index (Phi) is 13.3. The number of hydrazine groups is 1. The number of hydrogen-bond acceptors (Lipinski definition) is 6. The summed E-state index contributed by atoms with van der Waals surface area (Å²) in [7, 11) is 3.85. The van der Waals surface area contributed by atoms with Crippen LogP contribution < -0.4 is 10.7 Å². The lowest BCUT2D eigenvalue weighted by atomic mass is 10.2. The van der Waals surface area contributed by atoms with E-state index in [-0.39, 0.29) is 18.1 Å². The number of nitrogens with zero attached hydrogens (tertiary/aromatic N) is 1. The number of Topliss-reactive ketones (excluding diaryl/α,β-unsaturated/α-hetero) is 1. The molecule has 1 amide bonds. The zero-order chi connectivity index (χ0) is 15.9. The van der Waals surface area contributed by atoms with E-state index in [1.807, 2.05) is 19.1 Å². The third kappa shape index (κ3) is 15.2. The maximum absolute atomic E-state index is 11.4. The molecule has 0 aromatic carbocycles. The van der Waals surface area contributed by atoms with Crippen molar-refractivity contribution in [3.63, 3.8) is 0 Å². The van der Waals surface area contributed by atoms with Gasteiger partial charge in [-0.15, -0.1) is 0 Å². The zero-order valence-electron chi connectivity index (χ0n) is 13.4. The molecule has 0 saturated carbocycles. The normalized spacial score (nSPS) is 10.9. The van der Waals surface area contributed by atoms with Gasteiger partial charge in [-0.3, -0.25) is 20.0 Å². The predicted octanol–water partition coefficient (Wildman–Crippen LogP) is -0.0387. The molecule has 0 atom stereocenters. The van der Waals surface area contributed by atoms with Crippen LogP contribution in [0.25, 0.3) is 0 Å². The molecule has 124 valence electrons. The van der Waals surface area contributed by atoms with E-state index < -0.39 is 0 Å². The molecule has 0 unspecified atom stereocenters. The molecule has 0 saturated heterocycles. The van der Waals surface area contributed by atoms with E-state index in [2.05, 4.69) is 10.7 Å². The molecule has 7 nitrogen and oxygen atoms in total. The van der Waals surface area contributed by atoms with Crippen molar-refractivity contribution in [1.29, 1.82) is 0 Å². The fourth-order valence-electron chi connectivity index (χ4n) is 1.44. The van der Waals surface area contributed by atoms with Crippen molar-refractivity contribution >= 4 is 11.7 Å². The first-order chi connectivity index (χ1) is 10.1. The average Bonchev–Trinajstić information content (AvgIpc) is 2.46. The molecular formula is C14H29N3O4. The van der Waals surface area contributed by atoms with E-state index in [0.29, 0.717) is 45.8 Å². The first-order valence-electron chi connectivity index (χ1n) is 7.41. The SMILES string of the molecule is CCC(=O)CCC(=O)NCCOCCOCCNN(C)C. The lowest BCUT2D eigenvalue weighted by Gasteiger charge is -2.11. The second-order valence-electron chi connectivity index (χ2n) is 4.77. The van der Waals surface area contributed by atoms with Crippen LogP contribution in [0.2, 0.25) is 0 Å². The standard InChI is InChI=1S/C14H29N3O4/c1-4-13(18)5-6-14(19)15-7-9-20-11-12-21-10-8-16-17(2)3/h16H,4-12H2,1-3H3,(H,15,19). The topological polar surface area (TPSA) is 79.9 Å². The summed E-state index contributed by atoms with van der Waals surface area (Å²) in [4.78, 5) is 22.4. The van der Waals surface area contributed by atoms with Crippen LogP contribution in [0.1, 0.15) is 26.2 Å². The molecule has 0 fully saturated rings. The minimum atomic E-state index is -0.105. The van der Waals surface area contributed by atoms with Gasteiger partial charge in [0.15, 0.2) is 0 Å². The number of hydrogen-bond donors (Lipinski definition) is 2. The van der Waals surface area contributed by atoms with Gasteiger partial charge < -0.3 is 14.8 Å². The molecule has 0 aromatic heterocycles. The smallest absolute Gasteiger partial charge is 0.220 e. The Hall–Kier alpha value is -1.02. The van der Waals surface area contributed by atoms with Crippen molar-refractivity contribution in [2.24, 2.45) is 0 Å². The Morgan fingerprint density at radius 3 is 2.14 bits per heavy atom. The van der Waals surface area contributed by atoms with Gasteiger partial charge in [0.1, 0.15) is 5.78 Å². The molecule has 21 heavy (non-hydrogen) atoms. The quantitative estimate of drug-likeness (QED) is 0.346. The van der Waals surface area contributed by atoms with Gasteiger partial charge in [0.05, 0.1) is 26.4 Å². The lowest BCUT2D eigenvalue weighted by Crippen LogP contribution is -2.33. The second-order valence-corrected chi connectivity index (χ2v) is 4.77. The molecule has 7 heteroatoms. The number of rotatable bonds is 14. The molecule has 2 N–H and O–H groups in total. The molecule has 0 radical (unpaired) electrons. The van der Waals surface area contributed by atoms with Crippen molar-refractivity contribution in [1.82, 2.24) is 15.8 Å². The molecule has 0 aromatic rings. The fourth-order valence-corrected chi connectivity index (χ4v) is 1.44. The van der Waals surface area contributed by atoms with Gasteiger partial charge in [-0.1, -0.05) is 6.92 Å². The van der Waals surface area contributed by atoms with Crippen LogP contribution in [0.4, 0.5) is 0 Å². The molecule has 0 aliphatic carbocycles. The van der Waals surface area contributed by atoms with Crippen LogP contribution >= 0.6 is 0 Å². The number of nitrogens with one attached hydrogen (secondary N) is 2. The maximum Gasteiger partial charge on any atom is 0.220 e. The molecule has 0 rings (SSSR count). The summed E-state index contributed by atoms with van der Waals surface area (Å²) in [5.74, 6) is 0.00807. The Bertz CT molecular complexity index is 285. The van der Waals surface area contributed by atoms with Gasteiger partial charge in [0.2, 0.25) is 5.91 Å². The predicted molar refractivity (Wildman–Crippen MR) is 80.9 cm³/mol. The van der Waals surface area contributed by atoms with E-state index >= 15 is 0 Å². The summed E-state index contributed by atoms with van der Waals surface area (Å²) < 4.78 is 10.7. The Labute approximate surface area is 127 Å². The van der Waals surface area contributed by atoms with Crippen LogP contribution in [-0.2, 0) is 19.1 Å². The highest BCUT2D eigenvalue weighted by Crippen LogP contribution is 1.94. The van der Waals surface area contributed by atoms with Gasteiger partial charge in [0, 0.05) is 46.4 Å². The second kappa shape index (κ2) is 13.9. The van der Waals surface area contributed by atoms with Crippen LogP contribution in [0.5, 0.6) is 0 Å². The molecule has 0 aliphatic heterocycles. The van der Waals surface area contributed by atoms with Gasteiger partial charge >= 0.3 is 0 Å². The van der Waals surface area contributed by atoms with E-state index in [1.165, 1.54) is 0 Å². The Morgan fingerprint density at radius 1 is 0.952 bits per heavy atom. The molecule has 0 aliphatic rings. The average molecular weight is 303 g/mol. The lowest BCUT2D eigenvalue weighted by molar-refractivity contribution is -0.125. The van der Waals surface area contributed by atoms with Crippen molar-refractivity contribution in [2.45, 2.75) is 26.2 Å². The summed E-state index contributed by atoms with van der Waals surface area (Å²) in [6.07, 6.45) is 1.06. The molecular weight excluding hydrogens is 274 g/mol. The van der Waals surface area contributed by atoms with Crippen molar-refractivity contribution in [3.8, 4) is 0 Å². The van der Waals surface area contributed by atoms with Crippen LogP contribution in [0.3, 0.4) is 0 Å². The fraction of sp³-hybridized carbons (Fsp3) is 0.857. The number of carbonyl (C=O) groups is 2. The summed E-state index contributed by atoms with van der Waals surface area (Å²) in [6, 6.07) is 0. The summed E-state index contributed by atoms with van der Waals surface area (Å²) in [5.41, 5.74) is 3.09. The summed E-state index contributed by atoms with van der Waals surface area (Å²) >= 11 is 0. The number of amides is 1. The van der Waals surface area contributed by atoms with Gasteiger partial charge in [-0.05, 0) is 0 Å².